The Morgan fingerprint density at radius 1 is 1.25 bits per heavy atom. The van der Waals surface area contributed by atoms with E-state index in [1.54, 1.807) is 0 Å². The lowest BCUT2D eigenvalue weighted by atomic mass is 9.77. The van der Waals surface area contributed by atoms with Gasteiger partial charge in [0.1, 0.15) is 0 Å². The van der Waals surface area contributed by atoms with Crippen LogP contribution in [0.3, 0.4) is 0 Å². The molecule has 1 heterocycles. The molecule has 1 aliphatic carbocycles. The SMILES string of the molecule is C[C@@H]1CC(COC(=O)CC2=CC(=O)NC2=O)C[C@@H](C)C1. The first-order valence-corrected chi connectivity index (χ1v) is 7.15. The highest BCUT2D eigenvalue weighted by Gasteiger charge is 2.26. The summed E-state index contributed by atoms with van der Waals surface area (Å²) in [6.07, 6.45) is 4.43. The highest BCUT2D eigenvalue weighted by atomic mass is 16.5. The second-order valence-electron chi connectivity index (χ2n) is 6.13. The van der Waals surface area contributed by atoms with Crippen LogP contribution in [0.1, 0.15) is 39.5 Å². The molecule has 1 N–H and O–H groups in total. The van der Waals surface area contributed by atoms with Gasteiger partial charge in [-0.25, -0.2) is 0 Å². The molecule has 0 aromatic carbocycles. The van der Waals surface area contributed by atoms with E-state index in [9.17, 15) is 14.4 Å². The van der Waals surface area contributed by atoms with Gasteiger partial charge in [-0.05, 0) is 37.0 Å². The summed E-state index contributed by atoms with van der Waals surface area (Å²) in [5, 5.41) is 2.11. The molecule has 0 aromatic heterocycles. The van der Waals surface area contributed by atoms with Crippen LogP contribution in [0.2, 0.25) is 0 Å². The van der Waals surface area contributed by atoms with Gasteiger partial charge in [-0.3, -0.25) is 19.7 Å². The second kappa shape index (κ2) is 6.20. The topological polar surface area (TPSA) is 72.5 Å². The first kappa shape index (κ1) is 14.8. The van der Waals surface area contributed by atoms with Crippen molar-refractivity contribution in [3.05, 3.63) is 11.6 Å². The predicted octanol–water partition coefficient (Wildman–Crippen LogP) is 1.57. The van der Waals surface area contributed by atoms with Crippen LogP contribution in [0.4, 0.5) is 0 Å². The molecule has 0 spiro atoms. The maximum atomic E-state index is 11.7. The van der Waals surface area contributed by atoms with E-state index in [2.05, 4.69) is 19.2 Å². The summed E-state index contributed by atoms with van der Waals surface area (Å²) in [6.45, 7) is 4.86. The molecule has 2 rings (SSSR count). The van der Waals surface area contributed by atoms with Crippen LogP contribution in [0.5, 0.6) is 0 Å². The molecule has 1 fully saturated rings. The number of hydrogen-bond donors (Lipinski definition) is 1. The van der Waals surface area contributed by atoms with Gasteiger partial charge in [-0.15, -0.1) is 0 Å². The molecular weight excluding hydrogens is 258 g/mol. The first-order valence-electron chi connectivity index (χ1n) is 7.15. The average molecular weight is 279 g/mol. The standard InChI is InChI=1S/C15H21NO4/c1-9-3-10(2)5-11(4-9)8-20-14(18)7-12-6-13(17)16-15(12)19/h6,9-11H,3-5,7-8H2,1-2H3,(H,16,17,19)/t9-,10-/m0/s1. The number of imide groups is 1. The minimum absolute atomic E-state index is 0.130. The van der Waals surface area contributed by atoms with E-state index in [-0.39, 0.29) is 12.0 Å². The predicted molar refractivity (Wildman–Crippen MR) is 72.5 cm³/mol. The molecule has 0 aromatic rings. The van der Waals surface area contributed by atoms with Crippen LogP contribution in [0.15, 0.2) is 11.6 Å². The van der Waals surface area contributed by atoms with E-state index in [0.29, 0.717) is 24.4 Å². The summed E-state index contributed by atoms with van der Waals surface area (Å²) < 4.78 is 5.25. The van der Waals surface area contributed by atoms with Gasteiger partial charge in [0.2, 0.25) is 0 Å². The Labute approximate surface area is 118 Å². The molecule has 1 saturated carbocycles. The number of hydrogen-bond acceptors (Lipinski definition) is 4. The highest BCUT2D eigenvalue weighted by Crippen LogP contribution is 2.32. The number of nitrogens with one attached hydrogen (secondary N) is 1. The highest BCUT2D eigenvalue weighted by molar-refractivity contribution is 6.17. The van der Waals surface area contributed by atoms with Crippen molar-refractivity contribution >= 4 is 17.8 Å². The van der Waals surface area contributed by atoms with Crippen molar-refractivity contribution in [1.29, 1.82) is 0 Å². The van der Waals surface area contributed by atoms with Crippen LogP contribution in [-0.2, 0) is 19.1 Å². The molecule has 1 aliphatic heterocycles. The number of amides is 2. The largest absolute Gasteiger partial charge is 0.465 e. The third kappa shape index (κ3) is 3.92. The minimum atomic E-state index is -0.494. The number of carbonyl (C=O) groups is 3. The van der Waals surface area contributed by atoms with Gasteiger partial charge in [0, 0.05) is 11.6 Å². The van der Waals surface area contributed by atoms with Gasteiger partial charge in [0.05, 0.1) is 13.0 Å². The van der Waals surface area contributed by atoms with E-state index in [0.717, 1.165) is 18.9 Å². The maximum absolute atomic E-state index is 11.7. The molecule has 2 atom stereocenters. The molecule has 20 heavy (non-hydrogen) atoms. The van der Waals surface area contributed by atoms with Gasteiger partial charge >= 0.3 is 5.97 Å². The third-order valence-corrected chi connectivity index (χ3v) is 3.92. The first-order chi connectivity index (χ1) is 9.44. The lowest BCUT2D eigenvalue weighted by molar-refractivity contribution is -0.145. The van der Waals surface area contributed by atoms with Crippen LogP contribution in [-0.4, -0.2) is 24.4 Å². The maximum Gasteiger partial charge on any atom is 0.310 e. The fourth-order valence-corrected chi connectivity index (χ4v) is 3.25. The number of esters is 1. The van der Waals surface area contributed by atoms with Crippen molar-refractivity contribution in [3.8, 4) is 0 Å². The van der Waals surface area contributed by atoms with E-state index in [4.69, 9.17) is 4.74 Å². The van der Waals surface area contributed by atoms with Gasteiger partial charge in [-0.2, -0.15) is 0 Å². The zero-order valence-corrected chi connectivity index (χ0v) is 12.0. The zero-order chi connectivity index (χ0) is 14.7. The monoisotopic (exact) mass is 279 g/mol. The summed E-state index contributed by atoms with van der Waals surface area (Å²) in [5.74, 6) is 0.351. The van der Waals surface area contributed by atoms with Crippen molar-refractivity contribution in [3.63, 3.8) is 0 Å². The van der Waals surface area contributed by atoms with E-state index in [1.807, 2.05) is 0 Å². The molecule has 0 unspecified atom stereocenters. The fraction of sp³-hybridized carbons (Fsp3) is 0.667. The van der Waals surface area contributed by atoms with Crippen molar-refractivity contribution in [1.82, 2.24) is 5.32 Å². The van der Waals surface area contributed by atoms with Crippen molar-refractivity contribution in [2.24, 2.45) is 17.8 Å². The Morgan fingerprint density at radius 3 is 2.45 bits per heavy atom. The van der Waals surface area contributed by atoms with Crippen molar-refractivity contribution in [2.45, 2.75) is 39.5 Å². The third-order valence-electron chi connectivity index (χ3n) is 3.92. The Hall–Kier alpha value is -1.65. The summed E-state index contributed by atoms with van der Waals surface area (Å²) in [6, 6.07) is 0. The van der Waals surface area contributed by atoms with Crippen molar-refractivity contribution < 1.29 is 19.1 Å². The molecule has 5 heteroatoms. The lowest BCUT2D eigenvalue weighted by Crippen LogP contribution is -2.25. The quantitative estimate of drug-likeness (QED) is 0.626. The normalized spacial score (nSPS) is 29.9. The van der Waals surface area contributed by atoms with Gasteiger partial charge in [0.15, 0.2) is 0 Å². The van der Waals surface area contributed by atoms with E-state index in [1.165, 1.54) is 6.42 Å². The molecule has 2 amide bonds. The summed E-state index contributed by atoms with van der Waals surface area (Å²) in [5.41, 5.74) is 0.186. The second-order valence-corrected chi connectivity index (χ2v) is 6.13. The van der Waals surface area contributed by atoms with Crippen molar-refractivity contribution in [2.75, 3.05) is 6.61 Å². The zero-order valence-electron chi connectivity index (χ0n) is 12.0. The molecule has 5 nitrogen and oxygen atoms in total. The number of carbonyl (C=O) groups excluding carboxylic acids is 3. The summed E-state index contributed by atoms with van der Waals surface area (Å²) in [4.78, 5) is 34.0. The Balaban J connectivity index is 1.76. The molecular formula is C15H21NO4. The lowest BCUT2D eigenvalue weighted by Gasteiger charge is -2.30. The molecule has 110 valence electrons. The Kier molecular flexibility index (Phi) is 4.57. The minimum Gasteiger partial charge on any atom is -0.465 e. The fourth-order valence-electron chi connectivity index (χ4n) is 3.25. The van der Waals surface area contributed by atoms with Crippen LogP contribution in [0, 0.1) is 17.8 Å². The summed E-state index contributed by atoms with van der Waals surface area (Å²) >= 11 is 0. The molecule has 2 aliphatic rings. The summed E-state index contributed by atoms with van der Waals surface area (Å²) in [7, 11) is 0. The van der Waals surface area contributed by atoms with Gasteiger partial charge in [-0.1, -0.05) is 13.8 Å². The van der Waals surface area contributed by atoms with Gasteiger partial charge < -0.3 is 4.74 Å². The average Bonchev–Trinajstić information content (AvgIpc) is 2.64. The Morgan fingerprint density at radius 2 is 1.90 bits per heavy atom. The molecule has 0 radical (unpaired) electrons. The van der Waals surface area contributed by atoms with Crippen LogP contribution < -0.4 is 5.32 Å². The molecule has 0 bridgehead atoms. The van der Waals surface area contributed by atoms with Crippen LogP contribution in [0.25, 0.3) is 0 Å². The van der Waals surface area contributed by atoms with Crippen LogP contribution >= 0.6 is 0 Å². The van der Waals surface area contributed by atoms with Gasteiger partial charge in [0.25, 0.3) is 11.8 Å². The smallest absolute Gasteiger partial charge is 0.310 e. The number of rotatable bonds is 4. The van der Waals surface area contributed by atoms with E-state index < -0.39 is 17.8 Å². The molecule has 0 saturated heterocycles. The van der Waals surface area contributed by atoms with E-state index >= 15 is 0 Å². The Bertz CT molecular complexity index is 445. The number of ether oxygens (including phenoxy) is 1.